The molecule has 0 spiro atoms. The Labute approximate surface area is 104 Å². The molecule has 17 heavy (non-hydrogen) atoms. The lowest BCUT2D eigenvalue weighted by Crippen LogP contribution is -2.03. The first-order valence-electron chi connectivity index (χ1n) is 5.37. The van der Waals surface area contributed by atoms with Gasteiger partial charge < -0.3 is 5.32 Å². The van der Waals surface area contributed by atoms with Crippen LogP contribution in [0.5, 0.6) is 0 Å². The van der Waals surface area contributed by atoms with Crippen LogP contribution in [-0.4, -0.2) is 31.3 Å². The van der Waals surface area contributed by atoms with Crippen LogP contribution in [0, 0.1) is 0 Å². The molecule has 0 saturated carbocycles. The standard InChI is InChI=1S/C10H14N6S/c1-3-4-12-8-5-11-6-9(15-8)17-10-13-7-14-16(10)2/h5-7H,3-4H2,1-2H3,(H,12,15). The van der Waals surface area contributed by atoms with Crippen LogP contribution in [0.2, 0.25) is 0 Å². The number of nitrogens with zero attached hydrogens (tertiary/aromatic N) is 5. The Morgan fingerprint density at radius 3 is 3.00 bits per heavy atom. The predicted molar refractivity (Wildman–Crippen MR) is 65.9 cm³/mol. The van der Waals surface area contributed by atoms with Gasteiger partial charge in [-0.2, -0.15) is 5.10 Å². The first-order chi connectivity index (χ1) is 8.29. The van der Waals surface area contributed by atoms with Gasteiger partial charge in [-0.1, -0.05) is 6.92 Å². The van der Waals surface area contributed by atoms with E-state index in [2.05, 4.69) is 32.3 Å². The largest absolute Gasteiger partial charge is 0.369 e. The highest BCUT2D eigenvalue weighted by molar-refractivity contribution is 7.99. The number of nitrogens with one attached hydrogen (secondary N) is 1. The van der Waals surface area contributed by atoms with Crippen molar-refractivity contribution >= 4 is 17.6 Å². The van der Waals surface area contributed by atoms with Gasteiger partial charge in [-0.3, -0.25) is 4.98 Å². The van der Waals surface area contributed by atoms with Crippen LogP contribution in [-0.2, 0) is 7.05 Å². The molecule has 0 bridgehead atoms. The zero-order valence-electron chi connectivity index (χ0n) is 9.79. The zero-order valence-corrected chi connectivity index (χ0v) is 10.6. The summed E-state index contributed by atoms with van der Waals surface area (Å²) in [7, 11) is 1.85. The van der Waals surface area contributed by atoms with E-state index in [0.717, 1.165) is 29.0 Å². The van der Waals surface area contributed by atoms with E-state index < -0.39 is 0 Å². The van der Waals surface area contributed by atoms with E-state index in [1.54, 1.807) is 17.1 Å². The predicted octanol–water partition coefficient (Wildman–Crippen LogP) is 1.58. The van der Waals surface area contributed by atoms with E-state index in [9.17, 15) is 0 Å². The SMILES string of the molecule is CCCNc1cncc(Sc2ncnn2C)n1. The van der Waals surface area contributed by atoms with Crippen LogP contribution in [0.4, 0.5) is 5.82 Å². The van der Waals surface area contributed by atoms with Crippen LogP contribution >= 0.6 is 11.8 Å². The smallest absolute Gasteiger partial charge is 0.192 e. The lowest BCUT2D eigenvalue weighted by molar-refractivity contribution is 0.684. The van der Waals surface area contributed by atoms with E-state index in [1.165, 1.54) is 18.1 Å². The maximum atomic E-state index is 4.43. The Kier molecular flexibility index (Phi) is 3.92. The van der Waals surface area contributed by atoms with Gasteiger partial charge in [-0.05, 0) is 18.2 Å². The van der Waals surface area contributed by atoms with Crippen LogP contribution < -0.4 is 5.32 Å². The number of rotatable bonds is 5. The van der Waals surface area contributed by atoms with Gasteiger partial charge in [-0.15, -0.1) is 0 Å². The topological polar surface area (TPSA) is 68.5 Å². The van der Waals surface area contributed by atoms with E-state index >= 15 is 0 Å². The Morgan fingerprint density at radius 2 is 2.29 bits per heavy atom. The van der Waals surface area contributed by atoms with Crippen molar-refractivity contribution in [1.29, 1.82) is 0 Å². The Balaban J connectivity index is 2.08. The molecule has 2 heterocycles. The Hall–Kier alpha value is -1.63. The molecule has 0 unspecified atom stereocenters. The second-order valence-corrected chi connectivity index (χ2v) is 4.43. The highest BCUT2D eigenvalue weighted by Gasteiger charge is 2.05. The Morgan fingerprint density at radius 1 is 1.41 bits per heavy atom. The van der Waals surface area contributed by atoms with Gasteiger partial charge in [0.05, 0.1) is 12.4 Å². The number of hydrogen-bond donors (Lipinski definition) is 1. The molecule has 2 rings (SSSR count). The van der Waals surface area contributed by atoms with Crippen molar-refractivity contribution in [2.45, 2.75) is 23.5 Å². The van der Waals surface area contributed by atoms with E-state index in [1.807, 2.05) is 7.05 Å². The maximum Gasteiger partial charge on any atom is 0.192 e. The van der Waals surface area contributed by atoms with Gasteiger partial charge in [0.2, 0.25) is 0 Å². The third-order valence-electron chi connectivity index (χ3n) is 2.03. The van der Waals surface area contributed by atoms with Crippen molar-refractivity contribution in [3.63, 3.8) is 0 Å². The van der Waals surface area contributed by atoms with Crippen molar-refractivity contribution in [3.05, 3.63) is 18.7 Å². The van der Waals surface area contributed by atoms with Crippen molar-refractivity contribution in [1.82, 2.24) is 24.7 Å². The molecule has 0 amide bonds. The molecule has 2 aromatic heterocycles. The molecule has 90 valence electrons. The molecule has 2 aromatic rings. The summed E-state index contributed by atoms with van der Waals surface area (Å²) in [6, 6.07) is 0. The van der Waals surface area contributed by atoms with Crippen molar-refractivity contribution in [2.75, 3.05) is 11.9 Å². The van der Waals surface area contributed by atoms with Crippen molar-refractivity contribution in [2.24, 2.45) is 7.05 Å². The molecule has 7 heteroatoms. The molecule has 0 saturated heterocycles. The summed E-state index contributed by atoms with van der Waals surface area (Å²) in [5.74, 6) is 0.791. The molecular weight excluding hydrogens is 236 g/mol. The van der Waals surface area contributed by atoms with Crippen molar-refractivity contribution < 1.29 is 0 Å². The number of aryl methyl sites for hydroxylation is 1. The second-order valence-electron chi connectivity index (χ2n) is 3.44. The first kappa shape index (κ1) is 11.8. The monoisotopic (exact) mass is 250 g/mol. The van der Waals surface area contributed by atoms with E-state index in [0.29, 0.717) is 0 Å². The highest BCUT2D eigenvalue weighted by Crippen LogP contribution is 2.23. The van der Waals surface area contributed by atoms with Gasteiger partial charge in [0.1, 0.15) is 17.2 Å². The molecule has 0 aliphatic carbocycles. The second kappa shape index (κ2) is 5.62. The lowest BCUT2D eigenvalue weighted by atomic mass is 10.5. The minimum absolute atomic E-state index is 0.791. The van der Waals surface area contributed by atoms with Gasteiger partial charge in [-0.25, -0.2) is 14.6 Å². The van der Waals surface area contributed by atoms with Gasteiger partial charge in [0, 0.05) is 13.6 Å². The van der Waals surface area contributed by atoms with Crippen LogP contribution in [0.1, 0.15) is 13.3 Å². The minimum atomic E-state index is 0.791. The fourth-order valence-corrected chi connectivity index (χ4v) is 1.93. The molecule has 0 aliphatic heterocycles. The summed E-state index contributed by atoms with van der Waals surface area (Å²) in [4.78, 5) is 12.7. The van der Waals surface area contributed by atoms with Crippen molar-refractivity contribution in [3.8, 4) is 0 Å². The molecule has 0 atom stereocenters. The van der Waals surface area contributed by atoms with E-state index in [-0.39, 0.29) is 0 Å². The summed E-state index contributed by atoms with van der Waals surface area (Å²) in [5.41, 5.74) is 0. The molecule has 0 radical (unpaired) electrons. The normalized spacial score (nSPS) is 10.5. The third-order valence-corrected chi connectivity index (χ3v) is 2.99. The summed E-state index contributed by atoms with van der Waals surface area (Å²) in [6.45, 7) is 3.01. The number of aromatic nitrogens is 5. The molecule has 0 aliphatic rings. The number of hydrogen-bond acceptors (Lipinski definition) is 6. The number of anilines is 1. The lowest BCUT2D eigenvalue weighted by Gasteiger charge is -2.04. The molecule has 0 fully saturated rings. The summed E-state index contributed by atoms with van der Waals surface area (Å²) in [5, 5.41) is 8.81. The maximum absolute atomic E-state index is 4.43. The average molecular weight is 250 g/mol. The zero-order chi connectivity index (χ0) is 12.1. The summed E-state index contributed by atoms with van der Waals surface area (Å²) in [6.07, 6.45) is 6.02. The average Bonchev–Trinajstić information content (AvgIpc) is 2.73. The summed E-state index contributed by atoms with van der Waals surface area (Å²) < 4.78 is 1.71. The summed E-state index contributed by atoms with van der Waals surface area (Å²) >= 11 is 1.44. The fourth-order valence-electron chi connectivity index (χ4n) is 1.21. The molecule has 6 nitrogen and oxygen atoms in total. The fraction of sp³-hybridized carbons (Fsp3) is 0.400. The molecular formula is C10H14N6S. The highest BCUT2D eigenvalue weighted by atomic mass is 32.2. The van der Waals surface area contributed by atoms with Gasteiger partial charge >= 0.3 is 0 Å². The molecule has 0 aromatic carbocycles. The van der Waals surface area contributed by atoms with Gasteiger partial charge in [0.25, 0.3) is 0 Å². The van der Waals surface area contributed by atoms with E-state index in [4.69, 9.17) is 0 Å². The van der Waals surface area contributed by atoms with Gasteiger partial charge in [0.15, 0.2) is 5.16 Å². The molecule has 1 N–H and O–H groups in total. The van der Waals surface area contributed by atoms with Crippen LogP contribution in [0.15, 0.2) is 28.9 Å². The first-order valence-corrected chi connectivity index (χ1v) is 6.19. The quantitative estimate of drug-likeness (QED) is 0.869. The minimum Gasteiger partial charge on any atom is -0.369 e. The van der Waals surface area contributed by atoms with Crippen LogP contribution in [0.3, 0.4) is 0 Å². The van der Waals surface area contributed by atoms with Crippen LogP contribution in [0.25, 0.3) is 0 Å². The third kappa shape index (κ3) is 3.16. The Bertz CT molecular complexity index is 483.